The summed E-state index contributed by atoms with van der Waals surface area (Å²) in [5, 5.41) is 0. The summed E-state index contributed by atoms with van der Waals surface area (Å²) in [4.78, 5) is 0. The minimum atomic E-state index is 0.265. The van der Waals surface area contributed by atoms with Gasteiger partial charge in [-0.1, -0.05) is 31.8 Å². The number of alkyl halides is 1. The SMILES string of the molecule is CCC(CC)Oc1ccc(C)cc1C#CCCCl. The van der Waals surface area contributed by atoms with Crippen LogP contribution in [0.5, 0.6) is 5.75 Å². The molecule has 0 aromatic heterocycles. The third-order valence-corrected chi connectivity index (χ3v) is 2.97. The van der Waals surface area contributed by atoms with Gasteiger partial charge in [0.15, 0.2) is 0 Å². The van der Waals surface area contributed by atoms with E-state index >= 15 is 0 Å². The fourth-order valence-electron chi connectivity index (χ4n) is 1.68. The van der Waals surface area contributed by atoms with E-state index in [2.05, 4.69) is 44.7 Å². The van der Waals surface area contributed by atoms with Gasteiger partial charge in [0.05, 0.1) is 11.7 Å². The topological polar surface area (TPSA) is 9.23 Å². The van der Waals surface area contributed by atoms with Crippen LogP contribution in [0.2, 0.25) is 0 Å². The van der Waals surface area contributed by atoms with Crippen LogP contribution in [0.15, 0.2) is 18.2 Å². The number of rotatable bonds is 5. The van der Waals surface area contributed by atoms with Crippen LogP contribution in [0.3, 0.4) is 0 Å². The van der Waals surface area contributed by atoms with Gasteiger partial charge in [0.2, 0.25) is 0 Å². The molecule has 0 heterocycles. The maximum Gasteiger partial charge on any atom is 0.135 e. The standard InChI is InChI=1S/C16H21ClO/c1-4-15(5-2)18-16-10-9-13(3)12-14(16)8-6-7-11-17/h9-10,12,15H,4-5,7,11H2,1-3H3. The second kappa shape index (κ2) is 8.06. The highest BCUT2D eigenvalue weighted by Gasteiger charge is 2.08. The minimum absolute atomic E-state index is 0.265. The molecule has 2 heteroatoms. The molecule has 1 aromatic rings. The molecule has 0 fully saturated rings. The van der Waals surface area contributed by atoms with Crippen LogP contribution in [0.25, 0.3) is 0 Å². The van der Waals surface area contributed by atoms with Crippen molar-refractivity contribution in [2.75, 3.05) is 5.88 Å². The maximum absolute atomic E-state index is 5.99. The highest BCUT2D eigenvalue weighted by atomic mass is 35.5. The number of halogens is 1. The van der Waals surface area contributed by atoms with Crippen molar-refractivity contribution in [2.24, 2.45) is 0 Å². The van der Waals surface area contributed by atoms with Crippen LogP contribution in [0.1, 0.15) is 44.2 Å². The van der Waals surface area contributed by atoms with Gasteiger partial charge < -0.3 is 4.74 Å². The van der Waals surface area contributed by atoms with Gasteiger partial charge in [-0.3, -0.25) is 0 Å². The third kappa shape index (κ3) is 4.63. The van der Waals surface area contributed by atoms with Crippen molar-refractivity contribution in [3.63, 3.8) is 0 Å². The molecular formula is C16H21ClO. The highest BCUT2D eigenvalue weighted by Crippen LogP contribution is 2.22. The second-order valence-electron chi connectivity index (χ2n) is 4.30. The Morgan fingerprint density at radius 1 is 1.28 bits per heavy atom. The Morgan fingerprint density at radius 2 is 2.00 bits per heavy atom. The predicted octanol–water partition coefficient (Wildman–Crippen LogP) is 4.54. The van der Waals surface area contributed by atoms with Crippen LogP contribution >= 0.6 is 11.6 Å². The summed E-state index contributed by atoms with van der Waals surface area (Å²) in [5.41, 5.74) is 2.16. The molecular weight excluding hydrogens is 244 g/mol. The number of hydrogen-bond acceptors (Lipinski definition) is 1. The first-order valence-corrected chi connectivity index (χ1v) is 7.06. The molecule has 0 aliphatic rings. The van der Waals surface area contributed by atoms with Crippen molar-refractivity contribution in [1.29, 1.82) is 0 Å². The van der Waals surface area contributed by atoms with Crippen molar-refractivity contribution in [2.45, 2.75) is 46.1 Å². The Morgan fingerprint density at radius 3 is 2.61 bits per heavy atom. The number of aryl methyl sites for hydroxylation is 1. The predicted molar refractivity (Wildman–Crippen MR) is 78.4 cm³/mol. The monoisotopic (exact) mass is 264 g/mol. The van der Waals surface area contributed by atoms with Crippen LogP contribution in [0.4, 0.5) is 0 Å². The number of hydrogen-bond donors (Lipinski definition) is 0. The molecule has 0 aliphatic carbocycles. The van der Waals surface area contributed by atoms with E-state index < -0.39 is 0 Å². The Labute approximate surface area is 115 Å². The normalized spacial score (nSPS) is 10.1. The molecule has 1 rings (SSSR count). The number of benzene rings is 1. The zero-order valence-corrected chi connectivity index (χ0v) is 12.2. The fourth-order valence-corrected chi connectivity index (χ4v) is 1.78. The molecule has 0 N–H and O–H groups in total. The second-order valence-corrected chi connectivity index (χ2v) is 4.67. The molecule has 1 aromatic carbocycles. The molecule has 0 atom stereocenters. The summed E-state index contributed by atoms with van der Waals surface area (Å²) in [6.45, 7) is 6.34. The Bertz CT molecular complexity index is 424. The van der Waals surface area contributed by atoms with Crippen molar-refractivity contribution in [3.8, 4) is 17.6 Å². The van der Waals surface area contributed by atoms with Gasteiger partial charge in [0.1, 0.15) is 5.75 Å². The van der Waals surface area contributed by atoms with E-state index in [-0.39, 0.29) is 6.10 Å². The molecule has 0 radical (unpaired) electrons. The molecule has 0 unspecified atom stereocenters. The maximum atomic E-state index is 5.99. The molecule has 0 bridgehead atoms. The molecule has 0 saturated carbocycles. The lowest BCUT2D eigenvalue weighted by atomic mass is 10.1. The smallest absolute Gasteiger partial charge is 0.135 e. The Kier molecular flexibility index (Phi) is 6.68. The van der Waals surface area contributed by atoms with Crippen molar-refractivity contribution >= 4 is 11.6 Å². The van der Waals surface area contributed by atoms with E-state index in [1.54, 1.807) is 0 Å². The van der Waals surface area contributed by atoms with Gasteiger partial charge >= 0.3 is 0 Å². The number of ether oxygens (including phenoxy) is 1. The summed E-state index contributed by atoms with van der Waals surface area (Å²) < 4.78 is 5.99. The van der Waals surface area contributed by atoms with Crippen molar-refractivity contribution in [1.82, 2.24) is 0 Å². The van der Waals surface area contributed by atoms with Crippen LogP contribution in [0, 0.1) is 18.8 Å². The minimum Gasteiger partial charge on any atom is -0.489 e. The molecule has 98 valence electrons. The molecule has 0 spiro atoms. The summed E-state index contributed by atoms with van der Waals surface area (Å²) in [6.07, 6.45) is 3.00. The molecule has 0 amide bonds. The Balaban J connectivity index is 2.93. The summed E-state index contributed by atoms with van der Waals surface area (Å²) in [7, 11) is 0. The third-order valence-electron chi connectivity index (χ3n) is 2.78. The largest absolute Gasteiger partial charge is 0.489 e. The van der Waals surface area contributed by atoms with E-state index in [9.17, 15) is 0 Å². The summed E-state index contributed by atoms with van der Waals surface area (Å²) in [5.74, 6) is 7.67. The van der Waals surface area contributed by atoms with Crippen molar-refractivity contribution < 1.29 is 4.74 Å². The highest BCUT2D eigenvalue weighted by molar-refractivity contribution is 6.18. The average Bonchev–Trinajstić information content (AvgIpc) is 2.38. The van der Waals surface area contributed by atoms with Crippen LogP contribution in [-0.2, 0) is 0 Å². The van der Waals surface area contributed by atoms with E-state index in [0.29, 0.717) is 12.3 Å². The van der Waals surface area contributed by atoms with Gasteiger partial charge in [0.25, 0.3) is 0 Å². The lowest BCUT2D eigenvalue weighted by molar-refractivity contribution is 0.192. The van der Waals surface area contributed by atoms with Gasteiger partial charge in [-0.25, -0.2) is 0 Å². The average molecular weight is 265 g/mol. The zero-order chi connectivity index (χ0) is 13.4. The lowest BCUT2D eigenvalue weighted by Gasteiger charge is -2.17. The van der Waals surface area contributed by atoms with Gasteiger partial charge in [-0.15, -0.1) is 11.6 Å². The molecule has 18 heavy (non-hydrogen) atoms. The summed E-state index contributed by atoms with van der Waals surface area (Å²) in [6, 6.07) is 6.14. The van der Waals surface area contributed by atoms with E-state index in [0.717, 1.165) is 24.2 Å². The van der Waals surface area contributed by atoms with Crippen molar-refractivity contribution in [3.05, 3.63) is 29.3 Å². The van der Waals surface area contributed by atoms with Crippen LogP contribution < -0.4 is 4.74 Å². The lowest BCUT2D eigenvalue weighted by Crippen LogP contribution is -2.14. The van der Waals surface area contributed by atoms with E-state index in [1.165, 1.54) is 5.56 Å². The summed E-state index contributed by atoms with van der Waals surface area (Å²) >= 11 is 5.63. The molecule has 1 nitrogen and oxygen atoms in total. The first-order valence-electron chi connectivity index (χ1n) is 6.53. The first kappa shape index (κ1) is 14.9. The molecule has 0 aliphatic heterocycles. The fraction of sp³-hybridized carbons (Fsp3) is 0.500. The van der Waals surface area contributed by atoms with Gasteiger partial charge in [-0.2, -0.15) is 0 Å². The van der Waals surface area contributed by atoms with E-state index in [4.69, 9.17) is 16.3 Å². The van der Waals surface area contributed by atoms with E-state index in [1.807, 2.05) is 6.07 Å². The zero-order valence-electron chi connectivity index (χ0n) is 11.4. The quantitative estimate of drug-likeness (QED) is 0.560. The Hall–Kier alpha value is -1.13. The van der Waals surface area contributed by atoms with Gasteiger partial charge in [-0.05, 0) is 37.5 Å². The van der Waals surface area contributed by atoms with Gasteiger partial charge in [0, 0.05) is 12.3 Å². The van der Waals surface area contributed by atoms with Crippen LogP contribution in [-0.4, -0.2) is 12.0 Å². The first-order chi connectivity index (χ1) is 8.71. The molecule has 0 saturated heterocycles.